The lowest BCUT2D eigenvalue weighted by atomic mass is 9.90. The smallest absolute Gasteiger partial charge is 0.256 e. The summed E-state index contributed by atoms with van der Waals surface area (Å²) in [6, 6.07) is 25.3. The second kappa shape index (κ2) is 12.4. The van der Waals surface area contributed by atoms with Crippen molar-refractivity contribution >= 4 is 22.7 Å². The molecular weight excluding hydrogens is 452 g/mol. The highest BCUT2D eigenvalue weighted by Gasteiger charge is 2.32. The number of benzene rings is 3. The normalized spacial score (nSPS) is 13.8. The Morgan fingerprint density at radius 3 is 2.11 bits per heavy atom. The van der Waals surface area contributed by atoms with Crippen LogP contribution >= 0.6 is 0 Å². The Kier molecular flexibility index (Phi) is 8.76. The number of anilines is 1. The number of rotatable bonds is 12. The van der Waals surface area contributed by atoms with E-state index in [0.29, 0.717) is 23.8 Å². The van der Waals surface area contributed by atoms with E-state index in [1.165, 1.54) is 0 Å². The third kappa shape index (κ3) is 6.97. The van der Waals surface area contributed by atoms with E-state index in [-0.39, 0.29) is 12.7 Å². The van der Waals surface area contributed by atoms with Crippen molar-refractivity contribution in [3.63, 3.8) is 0 Å². The fourth-order valence-corrected chi connectivity index (χ4v) is 4.00. The van der Waals surface area contributed by atoms with Crippen molar-refractivity contribution < 1.29 is 19.0 Å². The lowest BCUT2D eigenvalue weighted by molar-refractivity contribution is -0.111. The molecule has 3 aromatic rings. The molecule has 1 fully saturated rings. The Labute approximate surface area is 213 Å². The largest absolute Gasteiger partial charge is 0.492 e. The SMILES string of the molecule is COCOc1ccc(/C(C(=O)Nc2ccc(OCCN(C)C)cc2)=C(\c2ccccc2)C2CC2)cc1. The first-order valence-corrected chi connectivity index (χ1v) is 12.3. The number of amides is 1. The van der Waals surface area contributed by atoms with Crippen LogP contribution in [0.3, 0.4) is 0 Å². The summed E-state index contributed by atoms with van der Waals surface area (Å²) >= 11 is 0. The molecule has 0 radical (unpaired) electrons. The van der Waals surface area contributed by atoms with Crippen LogP contribution in [0.25, 0.3) is 11.1 Å². The van der Waals surface area contributed by atoms with Gasteiger partial charge < -0.3 is 24.4 Å². The molecule has 1 saturated carbocycles. The lowest BCUT2D eigenvalue weighted by Gasteiger charge is -2.17. The fourth-order valence-electron chi connectivity index (χ4n) is 4.00. The van der Waals surface area contributed by atoms with Crippen LogP contribution in [0.15, 0.2) is 78.9 Å². The van der Waals surface area contributed by atoms with Crippen LogP contribution in [0.1, 0.15) is 24.0 Å². The van der Waals surface area contributed by atoms with Gasteiger partial charge in [0.2, 0.25) is 0 Å². The van der Waals surface area contributed by atoms with E-state index in [0.717, 1.165) is 47.5 Å². The number of ether oxygens (including phenoxy) is 3. The summed E-state index contributed by atoms with van der Waals surface area (Å²) in [5.74, 6) is 1.70. The van der Waals surface area contributed by atoms with Gasteiger partial charge in [-0.2, -0.15) is 0 Å². The predicted octanol–water partition coefficient (Wildman–Crippen LogP) is 5.57. The summed E-state index contributed by atoms with van der Waals surface area (Å²) in [6.45, 7) is 1.62. The first kappa shape index (κ1) is 25.5. The maximum absolute atomic E-state index is 13.8. The van der Waals surface area contributed by atoms with Crippen molar-refractivity contribution in [2.24, 2.45) is 5.92 Å². The van der Waals surface area contributed by atoms with E-state index in [4.69, 9.17) is 14.2 Å². The quantitative estimate of drug-likeness (QED) is 0.206. The van der Waals surface area contributed by atoms with Crippen LogP contribution in [0.4, 0.5) is 5.69 Å². The minimum atomic E-state index is -0.132. The number of methoxy groups -OCH3 is 1. The van der Waals surface area contributed by atoms with E-state index in [1.807, 2.05) is 80.8 Å². The summed E-state index contributed by atoms with van der Waals surface area (Å²) < 4.78 is 16.3. The Morgan fingerprint density at radius 1 is 0.861 bits per heavy atom. The Hall–Kier alpha value is -3.61. The monoisotopic (exact) mass is 486 g/mol. The van der Waals surface area contributed by atoms with E-state index < -0.39 is 0 Å². The van der Waals surface area contributed by atoms with Gasteiger partial charge in [0.25, 0.3) is 5.91 Å². The van der Waals surface area contributed by atoms with E-state index in [2.05, 4.69) is 22.3 Å². The molecule has 0 aromatic heterocycles. The molecule has 1 aliphatic rings. The van der Waals surface area contributed by atoms with Gasteiger partial charge in [0.15, 0.2) is 6.79 Å². The highest BCUT2D eigenvalue weighted by Crippen LogP contribution is 2.46. The first-order chi connectivity index (χ1) is 17.5. The number of carbonyl (C=O) groups excluding carboxylic acids is 1. The number of allylic oxidation sites excluding steroid dienone is 1. The van der Waals surface area contributed by atoms with Gasteiger partial charge in [0, 0.05) is 19.3 Å². The predicted molar refractivity (Wildman–Crippen MR) is 144 cm³/mol. The topological polar surface area (TPSA) is 60.0 Å². The van der Waals surface area contributed by atoms with Crippen molar-refractivity contribution in [2.45, 2.75) is 12.8 Å². The number of hydrogen-bond acceptors (Lipinski definition) is 5. The fraction of sp³-hybridized carbons (Fsp3) is 0.300. The van der Waals surface area contributed by atoms with Crippen LogP contribution in [0.2, 0.25) is 0 Å². The molecule has 0 heterocycles. The van der Waals surface area contributed by atoms with Gasteiger partial charge in [-0.25, -0.2) is 0 Å². The summed E-state index contributed by atoms with van der Waals surface area (Å²) in [4.78, 5) is 15.9. The standard InChI is InChI=1S/C30H34N2O4/c1-32(2)19-20-35-26-17-13-25(14-18-26)31-30(33)29(24-11-15-27(16-12-24)36-21-34-3)28(23-9-10-23)22-7-5-4-6-8-22/h4-8,11-18,23H,9-10,19-21H2,1-3H3,(H,31,33)/b29-28-. The van der Waals surface area contributed by atoms with Crippen molar-refractivity contribution in [1.29, 1.82) is 0 Å². The van der Waals surface area contributed by atoms with E-state index >= 15 is 0 Å². The number of hydrogen-bond donors (Lipinski definition) is 1. The van der Waals surface area contributed by atoms with Gasteiger partial charge in [0.05, 0.1) is 5.57 Å². The van der Waals surface area contributed by atoms with Crippen LogP contribution in [0.5, 0.6) is 11.5 Å². The molecule has 0 unspecified atom stereocenters. The van der Waals surface area contributed by atoms with Crippen molar-refractivity contribution in [3.05, 3.63) is 90.0 Å². The molecule has 1 aliphatic carbocycles. The van der Waals surface area contributed by atoms with Crippen molar-refractivity contribution in [3.8, 4) is 11.5 Å². The minimum absolute atomic E-state index is 0.132. The maximum Gasteiger partial charge on any atom is 0.256 e. The van der Waals surface area contributed by atoms with Crippen LogP contribution < -0.4 is 14.8 Å². The third-order valence-electron chi connectivity index (χ3n) is 5.97. The third-order valence-corrected chi connectivity index (χ3v) is 5.97. The average Bonchev–Trinajstić information content (AvgIpc) is 3.73. The summed E-state index contributed by atoms with van der Waals surface area (Å²) in [7, 11) is 5.61. The maximum atomic E-state index is 13.8. The van der Waals surface area contributed by atoms with Gasteiger partial charge in [-0.05, 0) is 86.0 Å². The summed E-state index contributed by atoms with van der Waals surface area (Å²) in [5, 5.41) is 3.11. The zero-order chi connectivity index (χ0) is 25.3. The molecule has 0 bridgehead atoms. The molecule has 0 atom stereocenters. The molecule has 3 aromatic carbocycles. The molecule has 1 amide bonds. The van der Waals surface area contributed by atoms with Crippen molar-refractivity contribution in [1.82, 2.24) is 4.90 Å². The first-order valence-electron chi connectivity index (χ1n) is 12.3. The van der Waals surface area contributed by atoms with Gasteiger partial charge in [-0.15, -0.1) is 0 Å². The highest BCUT2D eigenvalue weighted by atomic mass is 16.7. The summed E-state index contributed by atoms with van der Waals surface area (Å²) in [5.41, 5.74) is 4.43. The zero-order valence-corrected chi connectivity index (χ0v) is 21.2. The number of likely N-dealkylation sites (N-methyl/N-ethyl adjacent to an activating group) is 1. The summed E-state index contributed by atoms with van der Waals surface area (Å²) in [6.07, 6.45) is 2.16. The second-order valence-corrected chi connectivity index (χ2v) is 9.13. The number of carbonyl (C=O) groups is 1. The molecule has 4 rings (SSSR count). The Balaban J connectivity index is 1.62. The highest BCUT2D eigenvalue weighted by molar-refractivity contribution is 6.31. The zero-order valence-electron chi connectivity index (χ0n) is 21.2. The number of nitrogens with zero attached hydrogens (tertiary/aromatic N) is 1. The molecule has 36 heavy (non-hydrogen) atoms. The second-order valence-electron chi connectivity index (χ2n) is 9.13. The molecule has 0 aliphatic heterocycles. The molecule has 0 spiro atoms. The average molecular weight is 487 g/mol. The molecule has 6 heteroatoms. The van der Waals surface area contributed by atoms with Gasteiger partial charge in [0.1, 0.15) is 18.1 Å². The minimum Gasteiger partial charge on any atom is -0.492 e. The lowest BCUT2D eigenvalue weighted by Crippen LogP contribution is -2.19. The van der Waals surface area contributed by atoms with Crippen molar-refractivity contribution in [2.75, 3.05) is 46.5 Å². The Morgan fingerprint density at radius 2 is 1.50 bits per heavy atom. The molecular formula is C30H34N2O4. The Bertz CT molecular complexity index is 1150. The molecule has 0 saturated heterocycles. The molecule has 6 nitrogen and oxygen atoms in total. The van der Waals surface area contributed by atoms with Crippen LogP contribution in [0, 0.1) is 5.92 Å². The van der Waals surface area contributed by atoms with Crippen LogP contribution in [-0.4, -0.2) is 52.0 Å². The van der Waals surface area contributed by atoms with Gasteiger partial charge in [-0.1, -0.05) is 42.5 Å². The van der Waals surface area contributed by atoms with E-state index in [1.54, 1.807) is 7.11 Å². The van der Waals surface area contributed by atoms with Crippen LogP contribution in [-0.2, 0) is 9.53 Å². The van der Waals surface area contributed by atoms with Gasteiger partial charge in [-0.3, -0.25) is 4.79 Å². The number of nitrogens with one attached hydrogen (secondary N) is 1. The molecule has 188 valence electrons. The molecule has 1 N–H and O–H groups in total. The van der Waals surface area contributed by atoms with Gasteiger partial charge >= 0.3 is 0 Å². The van der Waals surface area contributed by atoms with E-state index in [9.17, 15) is 4.79 Å².